The Kier molecular flexibility index (Phi) is 5.62. The van der Waals surface area contributed by atoms with Gasteiger partial charge in [0.2, 0.25) is 0 Å². The Balaban J connectivity index is 2.69. The number of rotatable bonds is 7. The second-order valence-electron chi connectivity index (χ2n) is 4.81. The summed E-state index contributed by atoms with van der Waals surface area (Å²) in [5, 5.41) is 14.1. The van der Waals surface area contributed by atoms with Crippen molar-refractivity contribution >= 4 is 11.4 Å². The van der Waals surface area contributed by atoms with E-state index in [2.05, 4.69) is 26.1 Å². The fourth-order valence-electron chi connectivity index (χ4n) is 1.92. The highest BCUT2D eigenvalue weighted by Crippen LogP contribution is 2.21. The van der Waals surface area contributed by atoms with Crippen LogP contribution in [0.3, 0.4) is 0 Å². The van der Waals surface area contributed by atoms with E-state index in [1.807, 2.05) is 6.07 Å². The van der Waals surface area contributed by atoms with Crippen molar-refractivity contribution in [1.29, 1.82) is 0 Å². The average molecular weight is 250 g/mol. The zero-order valence-corrected chi connectivity index (χ0v) is 11.3. The van der Waals surface area contributed by atoms with Crippen LogP contribution in [0.15, 0.2) is 24.3 Å². The van der Waals surface area contributed by atoms with Crippen LogP contribution < -0.4 is 5.32 Å². The number of nitro benzene ring substituents is 1. The molecule has 1 rings (SSSR count). The first kappa shape index (κ1) is 14.5. The summed E-state index contributed by atoms with van der Waals surface area (Å²) in [7, 11) is 0. The van der Waals surface area contributed by atoms with Gasteiger partial charge < -0.3 is 5.32 Å². The Morgan fingerprint density at radius 2 is 2.06 bits per heavy atom. The SMILES string of the molecule is CCC(C)CC(CC)Nc1cccc([N+](=O)[O-])c1. The number of nitrogens with one attached hydrogen (secondary N) is 1. The lowest BCUT2D eigenvalue weighted by molar-refractivity contribution is -0.384. The Labute approximate surface area is 109 Å². The largest absolute Gasteiger partial charge is 0.382 e. The molecule has 0 amide bonds. The van der Waals surface area contributed by atoms with E-state index in [1.54, 1.807) is 12.1 Å². The molecule has 0 aliphatic carbocycles. The minimum Gasteiger partial charge on any atom is -0.382 e. The Morgan fingerprint density at radius 1 is 1.33 bits per heavy atom. The Bertz CT molecular complexity index is 393. The average Bonchev–Trinajstić information content (AvgIpc) is 2.38. The summed E-state index contributed by atoms with van der Waals surface area (Å²) in [4.78, 5) is 10.4. The predicted molar refractivity (Wildman–Crippen MR) is 74.9 cm³/mol. The number of hydrogen-bond acceptors (Lipinski definition) is 3. The first-order chi connectivity index (χ1) is 8.56. The van der Waals surface area contributed by atoms with Gasteiger partial charge in [-0.3, -0.25) is 10.1 Å². The number of benzene rings is 1. The van der Waals surface area contributed by atoms with E-state index in [9.17, 15) is 10.1 Å². The molecular formula is C14H22N2O2. The summed E-state index contributed by atoms with van der Waals surface area (Å²) in [5.41, 5.74) is 0.970. The maximum atomic E-state index is 10.7. The van der Waals surface area contributed by atoms with Crippen LogP contribution in [-0.4, -0.2) is 11.0 Å². The fourth-order valence-corrected chi connectivity index (χ4v) is 1.92. The number of nitrogens with zero attached hydrogens (tertiary/aromatic N) is 1. The number of hydrogen-bond donors (Lipinski definition) is 1. The van der Waals surface area contributed by atoms with Gasteiger partial charge >= 0.3 is 0 Å². The normalized spacial score (nSPS) is 13.9. The molecule has 0 spiro atoms. The smallest absolute Gasteiger partial charge is 0.271 e. The molecule has 2 atom stereocenters. The van der Waals surface area contributed by atoms with Gasteiger partial charge in [-0.25, -0.2) is 0 Å². The van der Waals surface area contributed by atoms with E-state index in [-0.39, 0.29) is 10.6 Å². The van der Waals surface area contributed by atoms with Gasteiger partial charge in [0.1, 0.15) is 0 Å². The topological polar surface area (TPSA) is 55.2 Å². The van der Waals surface area contributed by atoms with Gasteiger partial charge in [0.05, 0.1) is 4.92 Å². The zero-order chi connectivity index (χ0) is 13.5. The monoisotopic (exact) mass is 250 g/mol. The lowest BCUT2D eigenvalue weighted by Crippen LogP contribution is -2.21. The molecule has 100 valence electrons. The third-order valence-corrected chi connectivity index (χ3v) is 3.30. The van der Waals surface area contributed by atoms with Crippen LogP contribution >= 0.6 is 0 Å². The van der Waals surface area contributed by atoms with Crippen LogP contribution in [0.2, 0.25) is 0 Å². The molecule has 1 aromatic carbocycles. The first-order valence-corrected chi connectivity index (χ1v) is 6.57. The fraction of sp³-hybridized carbons (Fsp3) is 0.571. The Morgan fingerprint density at radius 3 is 2.61 bits per heavy atom. The van der Waals surface area contributed by atoms with Crippen molar-refractivity contribution in [3.63, 3.8) is 0 Å². The highest BCUT2D eigenvalue weighted by Gasteiger charge is 2.12. The summed E-state index contributed by atoms with van der Waals surface area (Å²) in [6.45, 7) is 6.56. The second kappa shape index (κ2) is 6.99. The molecule has 0 saturated heterocycles. The number of non-ortho nitro benzene ring substituents is 1. The van der Waals surface area contributed by atoms with Crippen molar-refractivity contribution in [2.75, 3.05) is 5.32 Å². The van der Waals surface area contributed by atoms with Crippen LogP contribution in [0.5, 0.6) is 0 Å². The molecule has 0 bridgehead atoms. The summed E-state index contributed by atoms with van der Waals surface area (Å²) >= 11 is 0. The molecule has 0 fully saturated rings. The van der Waals surface area contributed by atoms with Crippen LogP contribution in [0.1, 0.15) is 40.0 Å². The van der Waals surface area contributed by atoms with Gasteiger partial charge in [-0.15, -0.1) is 0 Å². The lowest BCUT2D eigenvalue weighted by atomic mass is 9.97. The molecule has 0 aliphatic heterocycles. The standard InChI is InChI=1S/C14H22N2O2/c1-4-11(3)9-12(5-2)15-13-7-6-8-14(10-13)16(17)18/h6-8,10-12,15H,4-5,9H2,1-3H3. The van der Waals surface area contributed by atoms with E-state index in [0.29, 0.717) is 12.0 Å². The predicted octanol–water partition coefficient (Wildman–Crippen LogP) is 4.22. The van der Waals surface area contributed by atoms with Crippen molar-refractivity contribution in [1.82, 2.24) is 0 Å². The van der Waals surface area contributed by atoms with Crippen molar-refractivity contribution in [2.24, 2.45) is 5.92 Å². The molecule has 0 radical (unpaired) electrons. The van der Waals surface area contributed by atoms with Gasteiger partial charge in [-0.1, -0.05) is 33.3 Å². The van der Waals surface area contributed by atoms with Gasteiger partial charge in [0.25, 0.3) is 5.69 Å². The van der Waals surface area contributed by atoms with E-state index >= 15 is 0 Å². The van der Waals surface area contributed by atoms with Gasteiger partial charge in [-0.05, 0) is 24.8 Å². The molecule has 0 aromatic heterocycles. The number of nitro groups is 1. The molecule has 2 unspecified atom stereocenters. The summed E-state index contributed by atoms with van der Waals surface area (Å²) in [6.07, 6.45) is 3.27. The summed E-state index contributed by atoms with van der Waals surface area (Å²) in [6, 6.07) is 7.09. The van der Waals surface area contributed by atoms with E-state index in [4.69, 9.17) is 0 Å². The molecule has 0 saturated carbocycles. The summed E-state index contributed by atoms with van der Waals surface area (Å²) in [5.74, 6) is 0.668. The molecule has 18 heavy (non-hydrogen) atoms. The van der Waals surface area contributed by atoms with Crippen molar-refractivity contribution in [3.8, 4) is 0 Å². The molecule has 0 aliphatic rings. The molecule has 1 aromatic rings. The number of anilines is 1. The maximum Gasteiger partial charge on any atom is 0.271 e. The van der Waals surface area contributed by atoms with E-state index in [1.165, 1.54) is 6.07 Å². The molecule has 1 N–H and O–H groups in total. The van der Waals surface area contributed by atoms with Crippen LogP contribution in [-0.2, 0) is 0 Å². The van der Waals surface area contributed by atoms with Gasteiger partial charge in [0, 0.05) is 23.9 Å². The van der Waals surface area contributed by atoms with Crippen molar-refractivity contribution in [3.05, 3.63) is 34.4 Å². The van der Waals surface area contributed by atoms with Crippen molar-refractivity contribution < 1.29 is 4.92 Å². The molecule has 0 heterocycles. The Hall–Kier alpha value is -1.58. The molecule has 4 heteroatoms. The zero-order valence-electron chi connectivity index (χ0n) is 11.3. The summed E-state index contributed by atoms with van der Waals surface area (Å²) < 4.78 is 0. The molecular weight excluding hydrogens is 228 g/mol. The lowest BCUT2D eigenvalue weighted by Gasteiger charge is -2.21. The quantitative estimate of drug-likeness (QED) is 0.582. The first-order valence-electron chi connectivity index (χ1n) is 6.57. The highest BCUT2D eigenvalue weighted by atomic mass is 16.6. The van der Waals surface area contributed by atoms with Crippen LogP contribution in [0.25, 0.3) is 0 Å². The second-order valence-corrected chi connectivity index (χ2v) is 4.81. The highest BCUT2D eigenvalue weighted by molar-refractivity contribution is 5.51. The van der Waals surface area contributed by atoms with Crippen LogP contribution in [0, 0.1) is 16.0 Å². The minimum absolute atomic E-state index is 0.137. The third kappa shape index (κ3) is 4.35. The van der Waals surface area contributed by atoms with E-state index < -0.39 is 0 Å². The molecule has 4 nitrogen and oxygen atoms in total. The van der Waals surface area contributed by atoms with E-state index in [0.717, 1.165) is 24.9 Å². The maximum absolute atomic E-state index is 10.7. The third-order valence-electron chi connectivity index (χ3n) is 3.30. The van der Waals surface area contributed by atoms with Gasteiger partial charge in [0.15, 0.2) is 0 Å². The minimum atomic E-state index is -0.360. The van der Waals surface area contributed by atoms with Gasteiger partial charge in [-0.2, -0.15) is 0 Å². The van der Waals surface area contributed by atoms with Crippen LogP contribution in [0.4, 0.5) is 11.4 Å². The van der Waals surface area contributed by atoms with Crippen molar-refractivity contribution in [2.45, 2.75) is 46.1 Å².